The van der Waals surface area contributed by atoms with Crippen molar-refractivity contribution in [1.82, 2.24) is 10.6 Å². The van der Waals surface area contributed by atoms with Crippen LogP contribution in [0.3, 0.4) is 0 Å². The van der Waals surface area contributed by atoms with E-state index < -0.39 is 4.92 Å². The predicted molar refractivity (Wildman–Crippen MR) is 119 cm³/mol. The molecule has 1 saturated heterocycles. The van der Waals surface area contributed by atoms with Gasteiger partial charge in [-0.3, -0.25) is 19.7 Å². The lowest BCUT2D eigenvalue weighted by atomic mass is 9.95. The molecule has 2 amide bonds. The monoisotopic (exact) mass is 424 g/mol. The third-order valence-electron chi connectivity index (χ3n) is 5.37. The summed E-state index contributed by atoms with van der Waals surface area (Å²) in [6.07, 6.45) is 1.24. The Morgan fingerprint density at radius 1 is 1.13 bits per heavy atom. The van der Waals surface area contributed by atoms with Crippen LogP contribution in [0, 0.1) is 16.0 Å². The molecule has 8 heteroatoms. The second-order valence-electron chi connectivity index (χ2n) is 8.05. The molecule has 2 N–H and O–H groups in total. The number of nitrogens with zero attached hydrogens (tertiary/aromatic N) is 2. The number of nitro benzene ring substituents is 1. The summed E-state index contributed by atoms with van der Waals surface area (Å²) in [4.78, 5) is 37.8. The van der Waals surface area contributed by atoms with Crippen molar-refractivity contribution in [3.05, 3.63) is 69.8 Å². The van der Waals surface area contributed by atoms with E-state index in [9.17, 15) is 19.7 Å². The molecule has 1 heterocycles. The third kappa shape index (κ3) is 5.81. The van der Waals surface area contributed by atoms with Crippen molar-refractivity contribution in [1.29, 1.82) is 0 Å². The number of amides is 2. The minimum atomic E-state index is -0.458. The van der Waals surface area contributed by atoms with Gasteiger partial charge in [0.25, 0.3) is 11.6 Å². The van der Waals surface area contributed by atoms with Crippen LogP contribution in [0.4, 0.5) is 11.4 Å². The molecule has 0 saturated carbocycles. The maximum absolute atomic E-state index is 12.5. The Balaban J connectivity index is 1.62. The van der Waals surface area contributed by atoms with Crippen LogP contribution in [0.25, 0.3) is 0 Å². The molecule has 31 heavy (non-hydrogen) atoms. The van der Waals surface area contributed by atoms with Gasteiger partial charge < -0.3 is 15.5 Å². The lowest BCUT2D eigenvalue weighted by Crippen LogP contribution is -2.40. The number of rotatable bonds is 7. The fraction of sp³-hybridized carbons (Fsp3) is 0.391. The molecule has 0 unspecified atom stereocenters. The Labute approximate surface area is 181 Å². The first-order valence-electron chi connectivity index (χ1n) is 10.5. The zero-order valence-electron chi connectivity index (χ0n) is 17.8. The Kier molecular flexibility index (Phi) is 7.23. The number of benzene rings is 2. The quantitative estimate of drug-likeness (QED) is 0.524. The van der Waals surface area contributed by atoms with Crippen LogP contribution in [0.2, 0.25) is 0 Å². The first-order valence-corrected chi connectivity index (χ1v) is 10.5. The average molecular weight is 425 g/mol. The van der Waals surface area contributed by atoms with Gasteiger partial charge in [0.2, 0.25) is 5.91 Å². The summed E-state index contributed by atoms with van der Waals surface area (Å²) in [7, 11) is 0. The topological polar surface area (TPSA) is 105 Å². The van der Waals surface area contributed by atoms with Crippen molar-refractivity contribution in [2.24, 2.45) is 5.92 Å². The van der Waals surface area contributed by atoms with Crippen molar-refractivity contribution >= 4 is 23.2 Å². The maximum atomic E-state index is 12.5. The minimum absolute atomic E-state index is 0.0127. The van der Waals surface area contributed by atoms with E-state index >= 15 is 0 Å². The van der Waals surface area contributed by atoms with Crippen LogP contribution < -0.4 is 15.5 Å². The minimum Gasteiger partial charge on any atom is -0.366 e. The molecule has 3 rings (SSSR count). The molecule has 2 aromatic rings. The van der Waals surface area contributed by atoms with E-state index in [0.29, 0.717) is 38.2 Å². The first-order chi connectivity index (χ1) is 14.8. The van der Waals surface area contributed by atoms with Crippen molar-refractivity contribution in [2.75, 3.05) is 18.0 Å². The van der Waals surface area contributed by atoms with Gasteiger partial charge in [-0.2, -0.15) is 0 Å². The second kappa shape index (κ2) is 10.1. The van der Waals surface area contributed by atoms with Crippen molar-refractivity contribution < 1.29 is 14.5 Å². The summed E-state index contributed by atoms with van der Waals surface area (Å²) in [5.74, 6) is -0.438. The standard InChI is InChI=1S/C23H28N4O4/c1-16(2)25-23(29)19-8-9-20(21(14-19)27(30)31)26-12-10-18(11-13-26)22(28)24-15-17-6-4-3-5-7-17/h3-9,14,16,18H,10-13,15H2,1-2H3,(H,24,28)(H,25,29). The number of nitro groups is 1. The van der Waals surface area contributed by atoms with E-state index in [4.69, 9.17) is 0 Å². The molecule has 0 radical (unpaired) electrons. The van der Waals surface area contributed by atoms with Crippen molar-refractivity contribution in [3.63, 3.8) is 0 Å². The van der Waals surface area contributed by atoms with Crippen molar-refractivity contribution in [2.45, 2.75) is 39.3 Å². The zero-order valence-corrected chi connectivity index (χ0v) is 17.8. The highest BCUT2D eigenvalue weighted by molar-refractivity contribution is 5.96. The molecule has 0 bridgehead atoms. The molecular formula is C23H28N4O4. The van der Waals surface area contributed by atoms with E-state index in [1.54, 1.807) is 12.1 Å². The molecule has 1 aliphatic rings. The predicted octanol–water partition coefficient (Wildman–Crippen LogP) is 3.27. The van der Waals surface area contributed by atoms with E-state index in [0.717, 1.165) is 5.56 Å². The second-order valence-corrected chi connectivity index (χ2v) is 8.05. The molecule has 0 aliphatic carbocycles. The van der Waals surface area contributed by atoms with Gasteiger partial charge in [-0.15, -0.1) is 0 Å². The highest BCUT2D eigenvalue weighted by Crippen LogP contribution is 2.32. The van der Waals surface area contributed by atoms with Crippen LogP contribution >= 0.6 is 0 Å². The van der Waals surface area contributed by atoms with Gasteiger partial charge in [0.1, 0.15) is 5.69 Å². The zero-order chi connectivity index (χ0) is 22.4. The van der Waals surface area contributed by atoms with Crippen LogP contribution in [-0.4, -0.2) is 35.9 Å². The molecule has 1 fully saturated rings. The van der Waals surface area contributed by atoms with Gasteiger partial charge in [-0.25, -0.2) is 0 Å². The van der Waals surface area contributed by atoms with Crippen LogP contribution in [0.15, 0.2) is 48.5 Å². The highest BCUT2D eigenvalue weighted by atomic mass is 16.6. The molecule has 0 atom stereocenters. The lowest BCUT2D eigenvalue weighted by molar-refractivity contribution is -0.384. The highest BCUT2D eigenvalue weighted by Gasteiger charge is 2.29. The number of carbonyl (C=O) groups is 2. The van der Waals surface area contributed by atoms with E-state index in [-0.39, 0.29) is 35.0 Å². The molecule has 2 aromatic carbocycles. The average Bonchev–Trinajstić information content (AvgIpc) is 2.77. The number of anilines is 1. The van der Waals surface area contributed by atoms with Crippen LogP contribution in [-0.2, 0) is 11.3 Å². The van der Waals surface area contributed by atoms with E-state index in [1.807, 2.05) is 49.1 Å². The fourth-order valence-corrected chi connectivity index (χ4v) is 3.74. The SMILES string of the molecule is CC(C)NC(=O)c1ccc(N2CCC(C(=O)NCc3ccccc3)CC2)c([N+](=O)[O-])c1. The number of hydrogen-bond acceptors (Lipinski definition) is 5. The fourth-order valence-electron chi connectivity index (χ4n) is 3.74. The summed E-state index contributed by atoms with van der Waals surface area (Å²) >= 11 is 0. The summed E-state index contributed by atoms with van der Waals surface area (Å²) in [5.41, 5.74) is 1.70. The smallest absolute Gasteiger partial charge is 0.293 e. The number of piperidine rings is 1. The van der Waals surface area contributed by atoms with Gasteiger partial charge in [0, 0.05) is 43.2 Å². The molecule has 0 spiro atoms. The number of nitrogens with one attached hydrogen (secondary N) is 2. The summed E-state index contributed by atoms with van der Waals surface area (Å²) in [6, 6.07) is 14.2. The number of hydrogen-bond donors (Lipinski definition) is 2. The first kappa shape index (κ1) is 22.3. The lowest BCUT2D eigenvalue weighted by Gasteiger charge is -2.32. The van der Waals surface area contributed by atoms with Gasteiger partial charge in [0.15, 0.2) is 0 Å². The Hall–Kier alpha value is -3.42. The Morgan fingerprint density at radius 3 is 2.42 bits per heavy atom. The van der Waals surface area contributed by atoms with Crippen molar-refractivity contribution in [3.8, 4) is 0 Å². The normalized spacial score (nSPS) is 14.4. The maximum Gasteiger partial charge on any atom is 0.293 e. The third-order valence-corrected chi connectivity index (χ3v) is 5.37. The molecule has 0 aromatic heterocycles. The Morgan fingerprint density at radius 2 is 1.81 bits per heavy atom. The summed E-state index contributed by atoms with van der Waals surface area (Å²) in [5, 5.41) is 17.4. The molecular weight excluding hydrogens is 396 g/mol. The van der Waals surface area contributed by atoms with Gasteiger partial charge in [-0.1, -0.05) is 30.3 Å². The van der Waals surface area contributed by atoms with Gasteiger partial charge in [0.05, 0.1) is 4.92 Å². The van der Waals surface area contributed by atoms with Crippen LogP contribution in [0.1, 0.15) is 42.6 Å². The van der Waals surface area contributed by atoms with E-state index in [1.165, 1.54) is 6.07 Å². The molecule has 8 nitrogen and oxygen atoms in total. The molecule has 164 valence electrons. The van der Waals surface area contributed by atoms with Crippen LogP contribution in [0.5, 0.6) is 0 Å². The Bertz CT molecular complexity index is 938. The number of carbonyl (C=O) groups excluding carboxylic acids is 2. The van der Waals surface area contributed by atoms with Gasteiger partial charge >= 0.3 is 0 Å². The largest absolute Gasteiger partial charge is 0.366 e. The summed E-state index contributed by atoms with van der Waals surface area (Å²) in [6.45, 7) is 5.25. The van der Waals surface area contributed by atoms with Gasteiger partial charge in [-0.05, 0) is 44.4 Å². The molecule has 1 aliphatic heterocycles. The van der Waals surface area contributed by atoms with E-state index in [2.05, 4.69) is 10.6 Å². The summed E-state index contributed by atoms with van der Waals surface area (Å²) < 4.78 is 0.